The topological polar surface area (TPSA) is 75.3 Å². The van der Waals surface area contributed by atoms with E-state index in [-0.39, 0.29) is 5.56 Å². The van der Waals surface area contributed by atoms with Crippen molar-refractivity contribution in [2.45, 2.75) is 32.2 Å². The number of carboxylic acids is 1. The minimum absolute atomic E-state index is 0.231. The fourth-order valence-electron chi connectivity index (χ4n) is 2.14. The van der Waals surface area contributed by atoms with Crippen molar-refractivity contribution in [1.82, 2.24) is 0 Å². The SMILES string of the molecule is CCCC1CC1Nc1ccc(C(=O)O)cc1N. The highest BCUT2D eigenvalue weighted by atomic mass is 16.4. The molecule has 0 spiro atoms. The molecule has 4 N–H and O–H groups in total. The second kappa shape index (κ2) is 4.65. The lowest BCUT2D eigenvalue weighted by Crippen LogP contribution is -2.08. The Hall–Kier alpha value is -1.71. The van der Waals surface area contributed by atoms with Crippen molar-refractivity contribution in [2.24, 2.45) is 5.92 Å². The monoisotopic (exact) mass is 234 g/mol. The number of nitrogens with two attached hydrogens (primary N) is 1. The van der Waals surface area contributed by atoms with E-state index in [1.807, 2.05) is 0 Å². The summed E-state index contributed by atoms with van der Waals surface area (Å²) in [6, 6.07) is 5.34. The minimum Gasteiger partial charge on any atom is -0.478 e. The van der Waals surface area contributed by atoms with Gasteiger partial charge in [-0.2, -0.15) is 0 Å². The highest BCUT2D eigenvalue weighted by molar-refractivity contribution is 5.90. The maximum atomic E-state index is 10.8. The lowest BCUT2D eigenvalue weighted by Gasteiger charge is -2.09. The van der Waals surface area contributed by atoms with E-state index in [4.69, 9.17) is 10.8 Å². The van der Waals surface area contributed by atoms with Crippen molar-refractivity contribution < 1.29 is 9.90 Å². The average Bonchev–Trinajstić information content (AvgIpc) is 3.00. The summed E-state index contributed by atoms with van der Waals surface area (Å²) in [7, 11) is 0. The van der Waals surface area contributed by atoms with Gasteiger partial charge in [0.05, 0.1) is 16.9 Å². The quantitative estimate of drug-likeness (QED) is 0.684. The van der Waals surface area contributed by atoms with E-state index < -0.39 is 5.97 Å². The van der Waals surface area contributed by atoms with Gasteiger partial charge < -0.3 is 16.2 Å². The number of hydrogen-bond donors (Lipinski definition) is 3. The van der Waals surface area contributed by atoms with Crippen LogP contribution in [-0.2, 0) is 0 Å². The molecule has 4 nitrogen and oxygen atoms in total. The van der Waals surface area contributed by atoms with Crippen LogP contribution in [0.5, 0.6) is 0 Å². The number of nitrogen functional groups attached to an aromatic ring is 1. The fraction of sp³-hybridized carbons (Fsp3) is 0.462. The lowest BCUT2D eigenvalue weighted by atomic mass is 10.1. The van der Waals surface area contributed by atoms with Crippen LogP contribution in [0.3, 0.4) is 0 Å². The summed E-state index contributed by atoms with van der Waals surface area (Å²) in [5, 5.41) is 12.2. The number of anilines is 2. The molecular weight excluding hydrogens is 216 g/mol. The Morgan fingerprint density at radius 3 is 2.94 bits per heavy atom. The molecule has 0 aliphatic heterocycles. The van der Waals surface area contributed by atoms with Crippen LogP contribution >= 0.6 is 0 Å². The lowest BCUT2D eigenvalue weighted by molar-refractivity contribution is 0.0697. The van der Waals surface area contributed by atoms with E-state index in [1.54, 1.807) is 12.1 Å². The van der Waals surface area contributed by atoms with Gasteiger partial charge in [0.25, 0.3) is 0 Å². The zero-order chi connectivity index (χ0) is 12.4. The molecule has 1 aliphatic carbocycles. The Morgan fingerprint density at radius 2 is 2.35 bits per heavy atom. The predicted molar refractivity (Wildman–Crippen MR) is 68.2 cm³/mol. The Morgan fingerprint density at radius 1 is 1.59 bits per heavy atom. The zero-order valence-electron chi connectivity index (χ0n) is 9.94. The standard InChI is InChI=1S/C13H18N2O2/c1-2-3-8-7-12(8)15-11-5-4-9(13(16)17)6-10(11)14/h4-6,8,12,15H,2-3,7,14H2,1H3,(H,16,17). The first kappa shape index (κ1) is 11.8. The van der Waals surface area contributed by atoms with Crippen LogP contribution < -0.4 is 11.1 Å². The van der Waals surface area contributed by atoms with Crippen molar-refractivity contribution >= 4 is 17.3 Å². The summed E-state index contributed by atoms with van der Waals surface area (Å²) in [6.45, 7) is 2.19. The molecule has 1 aliphatic rings. The van der Waals surface area contributed by atoms with Crippen LogP contribution in [-0.4, -0.2) is 17.1 Å². The van der Waals surface area contributed by atoms with Gasteiger partial charge in [0, 0.05) is 6.04 Å². The maximum absolute atomic E-state index is 10.8. The predicted octanol–water partition coefficient (Wildman–Crippen LogP) is 2.57. The van der Waals surface area contributed by atoms with Crippen molar-refractivity contribution in [1.29, 1.82) is 0 Å². The molecule has 4 heteroatoms. The van der Waals surface area contributed by atoms with Gasteiger partial charge in [-0.05, 0) is 37.0 Å². The molecule has 17 heavy (non-hydrogen) atoms. The number of benzene rings is 1. The molecule has 0 bridgehead atoms. The summed E-state index contributed by atoms with van der Waals surface area (Å²) in [6.07, 6.45) is 3.63. The molecule has 0 aromatic heterocycles. The first-order valence-electron chi connectivity index (χ1n) is 6.01. The molecule has 2 rings (SSSR count). The van der Waals surface area contributed by atoms with Crippen LogP contribution in [0.1, 0.15) is 36.5 Å². The Balaban J connectivity index is 2.00. The molecule has 0 saturated heterocycles. The molecule has 1 aromatic carbocycles. The highest BCUT2D eigenvalue weighted by Crippen LogP contribution is 2.38. The summed E-state index contributed by atoms with van der Waals surface area (Å²) in [5.41, 5.74) is 7.41. The molecule has 2 atom stereocenters. The Bertz CT molecular complexity index is 431. The third-order valence-corrected chi connectivity index (χ3v) is 3.22. The first-order chi connectivity index (χ1) is 8.11. The number of nitrogens with one attached hydrogen (secondary N) is 1. The normalized spacial score (nSPS) is 22.2. The smallest absolute Gasteiger partial charge is 0.335 e. The molecular formula is C13H18N2O2. The molecule has 0 heterocycles. The van der Waals surface area contributed by atoms with Crippen LogP contribution in [0.2, 0.25) is 0 Å². The molecule has 0 amide bonds. The number of rotatable bonds is 5. The van der Waals surface area contributed by atoms with Crippen LogP contribution in [0.25, 0.3) is 0 Å². The summed E-state index contributed by atoms with van der Waals surface area (Å²) < 4.78 is 0. The van der Waals surface area contributed by atoms with Gasteiger partial charge in [0.15, 0.2) is 0 Å². The second-order valence-corrected chi connectivity index (χ2v) is 4.64. The van der Waals surface area contributed by atoms with Gasteiger partial charge in [-0.1, -0.05) is 13.3 Å². The van der Waals surface area contributed by atoms with Crippen molar-refractivity contribution in [3.63, 3.8) is 0 Å². The molecule has 0 radical (unpaired) electrons. The van der Waals surface area contributed by atoms with E-state index in [1.165, 1.54) is 25.3 Å². The number of carboxylic acid groups (broad SMARTS) is 1. The maximum Gasteiger partial charge on any atom is 0.335 e. The van der Waals surface area contributed by atoms with Gasteiger partial charge in [-0.25, -0.2) is 4.79 Å². The Kier molecular flexibility index (Phi) is 3.22. The van der Waals surface area contributed by atoms with Crippen LogP contribution in [0, 0.1) is 5.92 Å². The van der Waals surface area contributed by atoms with Crippen molar-refractivity contribution in [2.75, 3.05) is 11.1 Å². The summed E-state index contributed by atoms with van der Waals surface area (Å²) in [4.78, 5) is 10.8. The fourth-order valence-corrected chi connectivity index (χ4v) is 2.14. The van der Waals surface area contributed by atoms with Crippen LogP contribution in [0.15, 0.2) is 18.2 Å². The highest BCUT2D eigenvalue weighted by Gasteiger charge is 2.36. The molecule has 1 aromatic rings. The van der Waals surface area contributed by atoms with Crippen molar-refractivity contribution in [3.8, 4) is 0 Å². The second-order valence-electron chi connectivity index (χ2n) is 4.64. The third kappa shape index (κ3) is 2.70. The van der Waals surface area contributed by atoms with Crippen LogP contribution in [0.4, 0.5) is 11.4 Å². The van der Waals surface area contributed by atoms with Gasteiger partial charge in [-0.3, -0.25) is 0 Å². The molecule has 1 fully saturated rings. The molecule has 1 saturated carbocycles. The number of hydrogen-bond acceptors (Lipinski definition) is 3. The molecule has 2 unspecified atom stereocenters. The summed E-state index contributed by atoms with van der Waals surface area (Å²) >= 11 is 0. The third-order valence-electron chi connectivity index (χ3n) is 3.22. The van der Waals surface area contributed by atoms with E-state index in [0.717, 1.165) is 11.6 Å². The zero-order valence-corrected chi connectivity index (χ0v) is 9.94. The molecule has 92 valence electrons. The van der Waals surface area contributed by atoms with Gasteiger partial charge in [0.2, 0.25) is 0 Å². The number of aromatic carboxylic acids is 1. The van der Waals surface area contributed by atoms with Gasteiger partial charge >= 0.3 is 5.97 Å². The van der Waals surface area contributed by atoms with Crippen molar-refractivity contribution in [3.05, 3.63) is 23.8 Å². The largest absolute Gasteiger partial charge is 0.478 e. The minimum atomic E-state index is -0.946. The summed E-state index contributed by atoms with van der Waals surface area (Å²) in [5.74, 6) is -0.197. The Labute approximate surface area is 101 Å². The van der Waals surface area contributed by atoms with E-state index in [2.05, 4.69) is 12.2 Å². The average molecular weight is 234 g/mol. The first-order valence-corrected chi connectivity index (χ1v) is 6.01. The van der Waals surface area contributed by atoms with E-state index >= 15 is 0 Å². The van der Waals surface area contributed by atoms with Gasteiger partial charge in [-0.15, -0.1) is 0 Å². The van der Waals surface area contributed by atoms with Gasteiger partial charge in [0.1, 0.15) is 0 Å². The van der Waals surface area contributed by atoms with E-state index in [0.29, 0.717) is 11.7 Å². The van der Waals surface area contributed by atoms with E-state index in [9.17, 15) is 4.79 Å². The number of carbonyl (C=O) groups is 1.